The van der Waals surface area contributed by atoms with Gasteiger partial charge in [0.15, 0.2) is 0 Å². The van der Waals surface area contributed by atoms with Crippen LogP contribution in [0, 0.1) is 6.92 Å². The predicted molar refractivity (Wildman–Crippen MR) is 75.2 cm³/mol. The SMILES string of the molecule is Cc1cc2c(cc1N)N(C(=O)c1ccncc1)CC2. The number of pyridine rings is 1. The summed E-state index contributed by atoms with van der Waals surface area (Å²) >= 11 is 0. The van der Waals surface area contributed by atoms with Crippen molar-refractivity contribution in [3.8, 4) is 0 Å². The zero-order valence-corrected chi connectivity index (χ0v) is 10.8. The molecule has 1 amide bonds. The quantitative estimate of drug-likeness (QED) is 0.792. The third-order valence-electron chi connectivity index (χ3n) is 3.54. The first-order valence-corrected chi connectivity index (χ1v) is 6.27. The second kappa shape index (κ2) is 4.39. The van der Waals surface area contributed by atoms with Crippen molar-refractivity contribution < 1.29 is 4.79 Å². The molecule has 0 bridgehead atoms. The van der Waals surface area contributed by atoms with Gasteiger partial charge in [-0.25, -0.2) is 0 Å². The van der Waals surface area contributed by atoms with Crippen molar-refractivity contribution in [2.45, 2.75) is 13.3 Å². The standard InChI is InChI=1S/C15H15N3O/c1-10-8-12-4-7-18(14(12)9-13(10)16)15(19)11-2-5-17-6-3-11/h2-3,5-6,8-9H,4,7,16H2,1H3. The van der Waals surface area contributed by atoms with E-state index < -0.39 is 0 Å². The fourth-order valence-electron chi connectivity index (χ4n) is 2.44. The maximum atomic E-state index is 12.5. The zero-order valence-electron chi connectivity index (χ0n) is 10.8. The molecule has 0 spiro atoms. The number of anilines is 2. The number of amides is 1. The molecule has 4 heteroatoms. The van der Waals surface area contributed by atoms with Crippen molar-refractivity contribution >= 4 is 17.3 Å². The van der Waals surface area contributed by atoms with Gasteiger partial charge in [0.25, 0.3) is 5.91 Å². The maximum Gasteiger partial charge on any atom is 0.258 e. The molecule has 96 valence electrons. The fourth-order valence-corrected chi connectivity index (χ4v) is 2.44. The number of hydrogen-bond acceptors (Lipinski definition) is 3. The molecule has 19 heavy (non-hydrogen) atoms. The highest BCUT2D eigenvalue weighted by atomic mass is 16.2. The van der Waals surface area contributed by atoms with Crippen LogP contribution >= 0.6 is 0 Å². The third kappa shape index (κ3) is 1.95. The van der Waals surface area contributed by atoms with E-state index in [9.17, 15) is 4.79 Å². The molecule has 1 aliphatic heterocycles. The van der Waals surface area contributed by atoms with Crippen LogP contribution in [0.2, 0.25) is 0 Å². The topological polar surface area (TPSA) is 59.2 Å². The Kier molecular flexibility index (Phi) is 2.71. The average molecular weight is 253 g/mol. The van der Waals surface area contributed by atoms with E-state index in [1.807, 2.05) is 13.0 Å². The molecule has 2 aromatic rings. The van der Waals surface area contributed by atoms with Gasteiger partial charge in [-0.15, -0.1) is 0 Å². The molecule has 1 aliphatic rings. The number of carbonyl (C=O) groups excluding carboxylic acids is 1. The van der Waals surface area contributed by atoms with E-state index in [1.54, 1.807) is 29.4 Å². The summed E-state index contributed by atoms with van der Waals surface area (Å²) in [5, 5.41) is 0. The third-order valence-corrected chi connectivity index (χ3v) is 3.54. The molecule has 0 unspecified atom stereocenters. The monoisotopic (exact) mass is 253 g/mol. The lowest BCUT2D eigenvalue weighted by Gasteiger charge is -2.18. The second-order valence-corrected chi connectivity index (χ2v) is 4.78. The van der Waals surface area contributed by atoms with Crippen molar-refractivity contribution in [2.75, 3.05) is 17.2 Å². The van der Waals surface area contributed by atoms with Gasteiger partial charge in [0, 0.05) is 35.9 Å². The van der Waals surface area contributed by atoms with E-state index in [0.717, 1.165) is 23.4 Å². The summed E-state index contributed by atoms with van der Waals surface area (Å²) in [4.78, 5) is 18.2. The van der Waals surface area contributed by atoms with Gasteiger partial charge in [0.2, 0.25) is 0 Å². The minimum absolute atomic E-state index is 0.00408. The first-order valence-electron chi connectivity index (χ1n) is 6.27. The molecule has 0 aliphatic carbocycles. The van der Waals surface area contributed by atoms with Crippen molar-refractivity contribution in [1.29, 1.82) is 0 Å². The van der Waals surface area contributed by atoms with E-state index in [2.05, 4.69) is 11.1 Å². The molecule has 0 saturated heterocycles. The molecular formula is C15H15N3O. The molecule has 4 nitrogen and oxygen atoms in total. The largest absolute Gasteiger partial charge is 0.398 e. The number of nitrogen functional groups attached to an aromatic ring is 1. The van der Waals surface area contributed by atoms with E-state index in [4.69, 9.17) is 5.73 Å². The number of nitrogens with two attached hydrogens (primary N) is 1. The molecule has 0 fully saturated rings. The van der Waals surface area contributed by atoms with E-state index in [-0.39, 0.29) is 5.91 Å². The van der Waals surface area contributed by atoms with Gasteiger partial charge in [-0.05, 0) is 42.7 Å². The number of aryl methyl sites for hydroxylation is 1. The van der Waals surface area contributed by atoms with Gasteiger partial charge in [-0.2, -0.15) is 0 Å². The summed E-state index contributed by atoms with van der Waals surface area (Å²) in [6.45, 7) is 2.70. The number of fused-ring (bicyclic) bond motifs is 1. The van der Waals surface area contributed by atoms with Crippen LogP contribution in [-0.2, 0) is 6.42 Å². The average Bonchev–Trinajstić information content (AvgIpc) is 2.82. The minimum Gasteiger partial charge on any atom is -0.398 e. The summed E-state index contributed by atoms with van der Waals surface area (Å²) in [5.74, 6) is 0.00408. The molecule has 2 N–H and O–H groups in total. The molecular weight excluding hydrogens is 238 g/mol. The molecule has 0 radical (unpaired) electrons. The normalized spacial score (nSPS) is 13.4. The van der Waals surface area contributed by atoms with Crippen LogP contribution in [0.5, 0.6) is 0 Å². The Bertz CT molecular complexity index is 637. The molecule has 2 heterocycles. The number of benzene rings is 1. The van der Waals surface area contributed by atoms with Gasteiger partial charge < -0.3 is 10.6 Å². The van der Waals surface area contributed by atoms with Crippen LogP contribution in [0.1, 0.15) is 21.5 Å². The van der Waals surface area contributed by atoms with Crippen molar-refractivity contribution in [2.24, 2.45) is 0 Å². The van der Waals surface area contributed by atoms with Crippen LogP contribution in [0.15, 0.2) is 36.7 Å². The van der Waals surface area contributed by atoms with Gasteiger partial charge in [-0.1, -0.05) is 6.07 Å². The lowest BCUT2D eigenvalue weighted by atomic mass is 10.1. The van der Waals surface area contributed by atoms with Crippen LogP contribution in [-0.4, -0.2) is 17.4 Å². The maximum absolute atomic E-state index is 12.5. The summed E-state index contributed by atoms with van der Waals surface area (Å²) < 4.78 is 0. The van der Waals surface area contributed by atoms with Crippen LogP contribution in [0.3, 0.4) is 0 Å². The summed E-state index contributed by atoms with van der Waals surface area (Å²) in [6, 6.07) is 7.44. The molecule has 1 aromatic carbocycles. The Balaban J connectivity index is 1.99. The molecule has 0 atom stereocenters. The Morgan fingerprint density at radius 1 is 1.32 bits per heavy atom. The highest BCUT2D eigenvalue weighted by molar-refractivity contribution is 6.07. The molecule has 3 rings (SSSR count). The Labute approximate surface area is 111 Å². The lowest BCUT2D eigenvalue weighted by molar-refractivity contribution is 0.0989. The van der Waals surface area contributed by atoms with Crippen molar-refractivity contribution in [3.05, 3.63) is 53.3 Å². The minimum atomic E-state index is 0.00408. The van der Waals surface area contributed by atoms with Crippen molar-refractivity contribution in [1.82, 2.24) is 4.98 Å². The first kappa shape index (κ1) is 11.7. The van der Waals surface area contributed by atoms with E-state index in [1.165, 1.54) is 5.56 Å². The van der Waals surface area contributed by atoms with Crippen LogP contribution < -0.4 is 10.6 Å². The second-order valence-electron chi connectivity index (χ2n) is 4.78. The highest BCUT2D eigenvalue weighted by Crippen LogP contribution is 2.32. The smallest absolute Gasteiger partial charge is 0.258 e. The fraction of sp³-hybridized carbons (Fsp3) is 0.200. The number of nitrogens with zero attached hydrogens (tertiary/aromatic N) is 2. The summed E-state index contributed by atoms with van der Waals surface area (Å²) in [6.07, 6.45) is 4.15. The molecule has 1 aromatic heterocycles. The lowest BCUT2D eigenvalue weighted by Crippen LogP contribution is -2.28. The van der Waals surface area contributed by atoms with Gasteiger partial charge >= 0.3 is 0 Å². The van der Waals surface area contributed by atoms with Gasteiger partial charge in [0.1, 0.15) is 0 Å². The van der Waals surface area contributed by atoms with Gasteiger partial charge in [0.05, 0.1) is 0 Å². The highest BCUT2D eigenvalue weighted by Gasteiger charge is 2.26. The Morgan fingerprint density at radius 3 is 2.79 bits per heavy atom. The number of rotatable bonds is 1. The van der Waals surface area contributed by atoms with E-state index in [0.29, 0.717) is 12.1 Å². The summed E-state index contributed by atoms with van der Waals surface area (Å²) in [7, 11) is 0. The zero-order chi connectivity index (χ0) is 13.4. The Morgan fingerprint density at radius 2 is 2.05 bits per heavy atom. The number of carbonyl (C=O) groups is 1. The first-order chi connectivity index (χ1) is 9.16. The predicted octanol–water partition coefficient (Wildman–Crippen LogP) is 2.18. The van der Waals surface area contributed by atoms with Gasteiger partial charge in [-0.3, -0.25) is 9.78 Å². The molecule has 0 saturated carbocycles. The van der Waals surface area contributed by atoms with Crippen LogP contribution in [0.4, 0.5) is 11.4 Å². The van der Waals surface area contributed by atoms with E-state index >= 15 is 0 Å². The number of aromatic nitrogens is 1. The van der Waals surface area contributed by atoms with Crippen LogP contribution in [0.25, 0.3) is 0 Å². The summed E-state index contributed by atoms with van der Waals surface area (Å²) in [5.41, 5.74) is 10.5. The van der Waals surface area contributed by atoms with Crippen molar-refractivity contribution in [3.63, 3.8) is 0 Å². The Hall–Kier alpha value is -2.36. The number of hydrogen-bond donors (Lipinski definition) is 1.